The van der Waals surface area contributed by atoms with Gasteiger partial charge in [0.25, 0.3) is 0 Å². The van der Waals surface area contributed by atoms with Crippen molar-refractivity contribution in [3.63, 3.8) is 0 Å². The van der Waals surface area contributed by atoms with E-state index in [1.54, 1.807) is 7.11 Å². The molecule has 0 aromatic heterocycles. The fraction of sp³-hybridized carbons (Fsp3) is 0.500. The van der Waals surface area contributed by atoms with E-state index in [2.05, 4.69) is 41.2 Å². The summed E-state index contributed by atoms with van der Waals surface area (Å²) < 4.78 is 6.23. The Balaban J connectivity index is 2.77. The molecule has 1 aromatic carbocycles. The lowest BCUT2D eigenvalue weighted by atomic mass is 10.1. The van der Waals surface area contributed by atoms with Gasteiger partial charge in [-0.25, -0.2) is 0 Å². The summed E-state index contributed by atoms with van der Waals surface area (Å²) in [4.78, 5) is 0. The highest BCUT2D eigenvalue weighted by Crippen LogP contribution is 2.28. The topological polar surface area (TPSA) is 21.3 Å². The summed E-state index contributed by atoms with van der Waals surface area (Å²) in [5.41, 5.74) is 1.11. The highest BCUT2D eigenvalue weighted by molar-refractivity contribution is 9.10. The minimum absolute atomic E-state index is 0.538. The smallest absolute Gasteiger partial charge is 0.135 e. The first-order valence-corrected chi connectivity index (χ1v) is 6.10. The number of anilines is 1. The van der Waals surface area contributed by atoms with E-state index in [4.69, 9.17) is 4.74 Å². The van der Waals surface area contributed by atoms with E-state index in [1.807, 2.05) is 12.1 Å². The molecule has 0 saturated heterocycles. The second-order valence-corrected chi connectivity index (χ2v) is 4.36. The van der Waals surface area contributed by atoms with Crippen LogP contribution in [0.2, 0.25) is 0 Å². The van der Waals surface area contributed by atoms with E-state index in [9.17, 15) is 0 Å². The third kappa shape index (κ3) is 3.42. The second-order valence-electron chi connectivity index (χ2n) is 3.51. The van der Waals surface area contributed by atoms with E-state index in [0.717, 1.165) is 28.8 Å². The monoisotopic (exact) mass is 271 g/mol. The van der Waals surface area contributed by atoms with Crippen molar-refractivity contribution < 1.29 is 4.74 Å². The van der Waals surface area contributed by atoms with Crippen molar-refractivity contribution >= 4 is 21.6 Å². The molecular formula is C12H18BrNO. The van der Waals surface area contributed by atoms with Gasteiger partial charge in [0.15, 0.2) is 0 Å². The van der Waals surface area contributed by atoms with Crippen LogP contribution >= 0.6 is 15.9 Å². The van der Waals surface area contributed by atoms with Gasteiger partial charge in [0.1, 0.15) is 5.75 Å². The van der Waals surface area contributed by atoms with Crippen molar-refractivity contribution in [2.24, 2.45) is 0 Å². The van der Waals surface area contributed by atoms with Crippen molar-refractivity contribution in [1.29, 1.82) is 0 Å². The van der Waals surface area contributed by atoms with Gasteiger partial charge in [-0.2, -0.15) is 0 Å². The second kappa shape index (κ2) is 6.01. The molecule has 1 N–H and O–H groups in total. The van der Waals surface area contributed by atoms with Gasteiger partial charge < -0.3 is 10.1 Å². The van der Waals surface area contributed by atoms with Crippen molar-refractivity contribution in [2.75, 3.05) is 12.4 Å². The van der Waals surface area contributed by atoms with E-state index < -0.39 is 0 Å². The fourth-order valence-corrected chi connectivity index (χ4v) is 1.89. The van der Waals surface area contributed by atoms with Crippen molar-refractivity contribution in [2.45, 2.75) is 32.7 Å². The Hall–Kier alpha value is -0.700. The molecule has 1 rings (SSSR count). The molecule has 0 unspecified atom stereocenters. The molecule has 0 saturated carbocycles. The Bertz CT molecular complexity index is 310. The molecule has 0 radical (unpaired) electrons. The van der Waals surface area contributed by atoms with Crippen LogP contribution in [0.5, 0.6) is 5.75 Å². The van der Waals surface area contributed by atoms with Gasteiger partial charge in [-0.05, 0) is 40.9 Å². The number of halogens is 1. The van der Waals surface area contributed by atoms with E-state index in [-0.39, 0.29) is 0 Å². The number of methoxy groups -OCH3 is 1. The van der Waals surface area contributed by atoms with Crippen molar-refractivity contribution in [1.82, 2.24) is 0 Å². The van der Waals surface area contributed by atoms with Gasteiger partial charge in [0.05, 0.1) is 11.6 Å². The molecule has 84 valence electrons. The van der Waals surface area contributed by atoms with Crippen molar-refractivity contribution in [3.8, 4) is 5.75 Å². The lowest BCUT2D eigenvalue weighted by Crippen LogP contribution is -2.16. The molecule has 2 nitrogen and oxygen atoms in total. The highest BCUT2D eigenvalue weighted by atomic mass is 79.9. The molecule has 15 heavy (non-hydrogen) atoms. The van der Waals surface area contributed by atoms with Crippen LogP contribution in [0.1, 0.15) is 26.7 Å². The van der Waals surface area contributed by atoms with Crippen LogP contribution in [0.3, 0.4) is 0 Å². The molecule has 1 aromatic rings. The number of benzene rings is 1. The maximum Gasteiger partial charge on any atom is 0.135 e. The number of nitrogens with one attached hydrogen (secondary N) is 1. The Morgan fingerprint density at radius 3 is 2.53 bits per heavy atom. The van der Waals surface area contributed by atoms with Crippen LogP contribution in [-0.4, -0.2) is 13.2 Å². The van der Waals surface area contributed by atoms with Crippen LogP contribution < -0.4 is 10.1 Å². The minimum atomic E-state index is 0.538. The van der Waals surface area contributed by atoms with E-state index >= 15 is 0 Å². The number of hydrogen-bond donors (Lipinski definition) is 1. The normalized spacial score (nSPS) is 10.5. The van der Waals surface area contributed by atoms with Gasteiger partial charge >= 0.3 is 0 Å². The summed E-state index contributed by atoms with van der Waals surface area (Å²) in [6, 6.07) is 6.62. The Kier molecular flexibility index (Phi) is 4.95. The summed E-state index contributed by atoms with van der Waals surface area (Å²) in [5, 5.41) is 3.48. The third-order valence-corrected chi connectivity index (χ3v) is 3.16. The van der Waals surface area contributed by atoms with E-state index in [1.165, 1.54) is 0 Å². The average molecular weight is 272 g/mol. The summed E-state index contributed by atoms with van der Waals surface area (Å²) in [5.74, 6) is 0.867. The summed E-state index contributed by atoms with van der Waals surface area (Å²) in [6.45, 7) is 4.38. The quantitative estimate of drug-likeness (QED) is 0.872. The molecule has 0 aliphatic rings. The van der Waals surface area contributed by atoms with Crippen LogP contribution in [0.15, 0.2) is 22.7 Å². The first-order chi connectivity index (χ1) is 7.21. The first kappa shape index (κ1) is 12.4. The minimum Gasteiger partial charge on any atom is -0.495 e. The molecule has 0 spiro atoms. The predicted molar refractivity (Wildman–Crippen MR) is 68.7 cm³/mol. The average Bonchev–Trinajstić information content (AvgIpc) is 2.28. The molecule has 0 heterocycles. The zero-order valence-electron chi connectivity index (χ0n) is 9.51. The van der Waals surface area contributed by atoms with Gasteiger partial charge in [-0.15, -0.1) is 0 Å². The summed E-state index contributed by atoms with van der Waals surface area (Å²) in [7, 11) is 1.68. The lowest BCUT2D eigenvalue weighted by Gasteiger charge is -2.17. The third-order valence-electron chi connectivity index (χ3n) is 2.51. The lowest BCUT2D eigenvalue weighted by molar-refractivity contribution is 0.412. The molecule has 0 bridgehead atoms. The molecule has 3 heteroatoms. The molecule has 0 fully saturated rings. The Labute approximate surface area is 100 Å². The molecule has 0 aliphatic carbocycles. The highest BCUT2D eigenvalue weighted by Gasteiger charge is 2.05. The fourth-order valence-electron chi connectivity index (χ4n) is 1.48. The van der Waals surface area contributed by atoms with Gasteiger partial charge in [-0.1, -0.05) is 13.8 Å². The molecular weight excluding hydrogens is 254 g/mol. The summed E-state index contributed by atoms with van der Waals surface area (Å²) in [6.07, 6.45) is 2.27. The molecule has 0 amide bonds. The zero-order valence-corrected chi connectivity index (χ0v) is 11.1. The molecule has 0 atom stereocenters. The number of hydrogen-bond acceptors (Lipinski definition) is 2. The predicted octanol–water partition coefficient (Wildman–Crippen LogP) is 4.06. The largest absolute Gasteiger partial charge is 0.495 e. The maximum absolute atomic E-state index is 5.25. The SMILES string of the molecule is CCC(CC)Nc1ccc(Br)c(OC)c1. The van der Waals surface area contributed by atoms with Crippen LogP contribution in [0, 0.1) is 0 Å². The Morgan fingerprint density at radius 2 is 2.00 bits per heavy atom. The van der Waals surface area contributed by atoms with Gasteiger partial charge in [-0.3, -0.25) is 0 Å². The Morgan fingerprint density at radius 1 is 1.33 bits per heavy atom. The zero-order chi connectivity index (χ0) is 11.3. The first-order valence-electron chi connectivity index (χ1n) is 5.31. The standard InChI is InChI=1S/C12H18BrNO/c1-4-9(5-2)14-10-6-7-11(13)12(8-10)15-3/h6-9,14H,4-5H2,1-3H3. The van der Waals surface area contributed by atoms with Gasteiger partial charge in [0, 0.05) is 17.8 Å². The van der Waals surface area contributed by atoms with Crippen LogP contribution in [0.25, 0.3) is 0 Å². The van der Waals surface area contributed by atoms with Crippen molar-refractivity contribution in [3.05, 3.63) is 22.7 Å². The maximum atomic E-state index is 5.25. The molecule has 0 aliphatic heterocycles. The van der Waals surface area contributed by atoms with Crippen LogP contribution in [-0.2, 0) is 0 Å². The van der Waals surface area contributed by atoms with Gasteiger partial charge in [0.2, 0.25) is 0 Å². The van der Waals surface area contributed by atoms with E-state index in [0.29, 0.717) is 6.04 Å². The summed E-state index contributed by atoms with van der Waals surface area (Å²) >= 11 is 3.44. The number of rotatable bonds is 5. The number of ether oxygens (including phenoxy) is 1. The van der Waals surface area contributed by atoms with Crippen LogP contribution in [0.4, 0.5) is 5.69 Å².